The molecule has 0 saturated heterocycles. The summed E-state index contributed by atoms with van der Waals surface area (Å²) in [4.78, 5) is 13.5. The third-order valence-electron chi connectivity index (χ3n) is 2.49. The van der Waals surface area contributed by atoms with E-state index in [0.29, 0.717) is 10.9 Å². The molecule has 0 saturated carbocycles. The predicted octanol–water partition coefficient (Wildman–Crippen LogP) is 3.00. The number of hydrogen-bond donors (Lipinski definition) is 1. The maximum atomic E-state index is 11.6. The van der Waals surface area contributed by atoms with Crippen molar-refractivity contribution in [1.82, 2.24) is 4.90 Å². The Balaban J connectivity index is 2.87. The molecular formula is C13H18ClN3O. The minimum atomic E-state index is -0.0618. The molecule has 1 N–H and O–H groups in total. The first-order valence-electron chi connectivity index (χ1n) is 5.93. The van der Waals surface area contributed by atoms with Crippen molar-refractivity contribution in [2.24, 2.45) is 5.10 Å². The second kappa shape index (κ2) is 7.01. The fourth-order valence-electron chi connectivity index (χ4n) is 1.57. The highest BCUT2D eigenvalue weighted by Gasteiger charge is 2.12. The first kappa shape index (κ1) is 14.5. The van der Waals surface area contributed by atoms with Gasteiger partial charge < -0.3 is 4.90 Å². The lowest BCUT2D eigenvalue weighted by atomic mass is 10.3. The molecule has 5 heteroatoms. The highest BCUT2D eigenvalue weighted by molar-refractivity contribution is 6.37. The topological polar surface area (TPSA) is 44.7 Å². The Morgan fingerprint density at radius 1 is 1.39 bits per heavy atom. The number of rotatable bonds is 5. The van der Waals surface area contributed by atoms with Crippen LogP contribution < -0.4 is 5.43 Å². The van der Waals surface area contributed by atoms with Crippen molar-refractivity contribution in [3.8, 4) is 0 Å². The van der Waals surface area contributed by atoms with E-state index in [0.717, 1.165) is 18.8 Å². The summed E-state index contributed by atoms with van der Waals surface area (Å²) >= 11 is 5.87. The number of likely N-dealkylation sites (N-methyl/N-ethyl adjacent to an activating group) is 1. The lowest BCUT2D eigenvalue weighted by Gasteiger charge is -2.20. The summed E-state index contributed by atoms with van der Waals surface area (Å²) in [6.07, 6.45) is 0. The molecule has 0 aliphatic rings. The molecule has 0 aliphatic carbocycles. The van der Waals surface area contributed by atoms with Crippen LogP contribution in [0, 0.1) is 0 Å². The molecule has 0 amide bonds. The number of ketones is 1. The van der Waals surface area contributed by atoms with E-state index in [1.165, 1.54) is 6.92 Å². The Kier molecular flexibility index (Phi) is 5.65. The maximum absolute atomic E-state index is 11.6. The van der Waals surface area contributed by atoms with Gasteiger partial charge in [-0.2, -0.15) is 5.10 Å². The molecule has 18 heavy (non-hydrogen) atoms. The van der Waals surface area contributed by atoms with Crippen LogP contribution in [-0.2, 0) is 4.79 Å². The van der Waals surface area contributed by atoms with Crippen LogP contribution >= 0.6 is 11.6 Å². The average molecular weight is 268 g/mol. The third-order valence-corrected chi connectivity index (χ3v) is 2.73. The standard InChI is InChI=1S/C13H18ClN3O/c1-4-17(5-2)13(10(3)18)16-15-12-8-6-7-11(14)9-12/h6-9,15H,4-5H2,1-3H3/b16-13-. The van der Waals surface area contributed by atoms with Crippen LogP contribution in [0.25, 0.3) is 0 Å². The largest absolute Gasteiger partial charge is 0.353 e. The molecule has 98 valence electrons. The van der Waals surface area contributed by atoms with E-state index in [9.17, 15) is 4.79 Å². The Morgan fingerprint density at radius 3 is 2.56 bits per heavy atom. The summed E-state index contributed by atoms with van der Waals surface area (Å²) in [5.41, 5.74) is 3.61. The Morgan fingerprint density at radius 2 is 2.06 bits per heavy atom. The number of halogens is 1. The van der Waals surface area contributed by atoms with E-state index in [-0.39, 0.29) is 5.78 Å². The lowest BCUT2D eigenvalue weighted by molar-refractivity contribution is -0.111. The summed E-state index contributed by atoms with van der Waals surface area (Å²) in [5, 5.41) is 4.79. The fourth-order valence-corrected chi connectivity index (χ4v) is 1.76. The van der Waals surface area contributed by atoms with Crippen molar-refractivity contribution in [2.45, 2.75) is 20.8 Å². The molecule has 0 fully saturated rings. The minimum Gasteiger partial charge on any atom is -0.353 e. The van der Waals surface area contributed by atoms with E-state index in [4.69, 9.17) is 11.6 Å². The second-order valence-electron chi connectivity index (χ2n) is 3.79. The summed E-state index contributed by atoms with van der Waals surface area (Å²) in [7, 11) is 0. The Hall–Kier alpha value is -1.55. The van der Waals surface area contributed by atoms with Crippen molar-refractivity contribution in [3.05, 3.63) is 29.3 Å². The van der Waals surface area contributed by atoms with E-state index in [1.807, 2.05) is 30.9 Å². The van der Waals surface area contributed by atoms with Crippen LogP contribution in [-0.4, -0.2) is 29.6 Å². The van der Waals surface area contributed by atoms with Gasteiger partial charge in [0.1, 0.15) is 0 Å². The number of amidine groups is 1. The molecule has 1 rings (SSSR count). The normalized spacial score (nSPS) is 11.2. The van der Waals surface area contributed by atoms with Gasteiger partial charge in [-0.1, -0.05) is 17.7 Å². The minimum absolute atomic E-state index is 0.0618. The van der Waals surface area contributed by atoms with E-state index in [2.05, 4.69) is 10.5 Å². The number of hydrogen-bond acceptors (Lipinski definition) is 3. The van der Waals surface area contributed by atoms with Gasteiger partial charge in [0.15, 0.2) is 11.6 Å². The maximum Gasteiger partial charge on any atom is 0.196 e. The van der Waals surface area contributed by atoms with Gasteiger partial charge in [0.05, 0.1) is 5.69 Å². The summed E-state index contributed by atoms with van der Waals surface area (Å²) < 4.78 is 0. The van der Waals surface area contributed by atoms with Gasteiger partial charge in [0.25, 0.3) is 0 Å². The Labute approximate surface area is 113 Å². The number of carbonyl (C=O) groups is 1. The van der Waals surface area contributed by atoms with Crippen LogP contribution in [0.3, 0.4) is 0 Å². The van der Waals surface area contributed by atoms with E-state index in [1.54, 1.807) is 12.1 Å². The van der Waals surface area contributed by atoms with Crippen LogP contribution in [0.1, 0.15) is 20.8 Å². The van der Waals surface area contributed by atoms with Crippen molar-refractivity contribution >= 4 is 28.9 Å². The first-order valence-corrected chi connectivity index (χ1v) is 6.31. The summed E-state index contributed by atoms with van der Waals surface area (Å²) in [6.45, 7) is 6.97. The molecule has 0 unspecified atom stereocenters. The molecule has 0 aliphatic heterocycles. The molecule has 0 radical (unpaired) electrons. The smallest absolute Gasteiger partial charge is 0.196 e. The van der Waals surface area contributed by atoms with Gasteiger partial charge in [-0.3, -0.25) is 10.2 Å². The zero-order valence-electron chi connectivity index (χ0n) is 10.9. The van der Waals surface area contributed by atoms with Gasteiger partial charge in [0.2, 0.25) is 0 Å². The quantitative estimate of drug-likeness (QED) is 0.507. The van der Waals surface area contributed by atoms with Gasteiger partial charge in [0, 0.05) is 25.0 Å². The molecular weight excluding hydrogens is 250 g/mol. The highest BCUT2D eigenvalue weighted by Crippen LogP contribution is 2.14. The molecule has 0 spiro atoms. The van der Waals surface area contributed by atoms with Crippen molar-refractivity contribution in [1.29, 1.82) is 0 Å². The van der Waals surface area contributed by atoms with Crippen LogP contribution in [0.2, 0.25) is 5.02 Å². The Bertz CT molecular complexity index is 442. The SMILES string of the molecule is CCN(CC)/C(=N\Nc1cccc(Cl)c1)C(C)=O. The number of carbonyl (C=O) groups excluding carboxylic acids is 1. The van der Waals surface area contributed by atoms with Crippen molar-refractivity contribution < 1.29 is 4.79 Å². The second-order valence-corrected chi connectivity index (χ2v) is 4.22. The van der Waals surface area contributed by atoms with Crippen LogP contribution in [0.4, 0.5) is 5.69 Å². The van der Waals surface area contributed by atoms with Crippen molar-refractivity contribution in [2.75, 3.05) is 18.5 Å². The van der Waals surface area contributed by atoms with Gasteiger partial charge >= 0.3 is 0 Å². The number of nitrogens with zero attached hydrogens (tertiary/aromatic N) is 2. The molecule has 4 nitrogen and oxygen atoms in total. The molecule has 0 atom stereocenters. The van der Waals surface area contributed by atoms with Gasteiger partial charge in [-0.15, -0.1) is 0 Å². The van der Waals surface area contributed by atoms with E-state index < -0.39 is 0 Å². The number of hydrazone groups is 1. The first-order chi connectivity index (χ1) is 8.58. The summed E-state index contributed by atoms with van der Waals surface area (Å²) in [5.74, 6) is 0.369. The van der Waals surface area contributed by atoms with Crippen LogP contribution in [0.5, 0.6) is 0 Å². The molecule has 1 aromatic carbocycles. The predicted molar refractivity (Wildman–Crippen MR) is 76.1 cm³/mol. The molecule has 0 heterocycles. The molecule has 1 aromatic rings. The van der Waals surface area contributed by atoms with Gasteiger partial charge in [-0.05, 0) is 32.0 Å². The summed E-state index contributed by atoms with van der Waals surface area (Å²) in [6, 6.07) is 7.21. The number of nitrogens with one attached hydrogen (secondary N) is 1. The zero-order valence-corrected chi connectivity index (χ0v) is 11.7. The number of benzene rings is 1. The highest BCUT2D eigenvalue weighted by atomic mass is 35.5. The fraction of sp³-hybridized carbons (Fsp3) is 0.385. The average Bonchev–Trinajstić information content (AvgIpc) is 2.34. The number of Topliss-reactive ketones (excluding diaryl/α,β-unsaturated/α-hetero) is 1. The van der Waals surface area contributed by atoms with Gasteiger partial charge in [-0.25, -0.2) is 0 Å². The zero-order chi connectivity index (χ0) is 13.5. The lowest BCUT2D eigenvalue weighted by Crippen LogP contribution is -2.36. The van der Waals surface area contributed by atoms with E-state index >= 15 is 0 Å². The molecule has 0 aromatic heterocycles. The third kappa shape index (κ3) is 4.04. The monoisotopic (exact) mass is 267 g/mol. The number of anilines is 1. The molecule has 0 bridgehead atoms. The van der Waals surface area contributed by atoms with Crippen LogP contribution in [0.15, 0.2) is 29.4 Å². The van der Waals surface area contributed by atoms with Crippen molar-refractivity contribution in [3.63, 3.8) is 0 Å².